The molecule has 0 spiro atoms. The molecule has 4 N–H and O–H groups in total. The first-order valence-electron chi connectivity index (χ1n) is 11.5. The number of benzene rings is 2. The Morgan fingerprint density at radius 1 is 0.971 bits per heavy atom. The molecule has 0 radical (unpaired) electrons. The summed E-state index contributed by atoms with van der Waals surface area (Å²) in [5.74, 6) is 0.746. The maximum absolute atomic E-state index is 10.4. The number of ether oxygens (including phenoxy) is 4. The van der Waals surface area contributed by atoms with Crippen molar-refractivity contribution in [1.82, 2.24) is 0 Å². The summed E-state index contributed by atoms with van der Waals surface area (Å²) in [6, 6.07) is 12.9. The highest BCUT2D eigenvalue weighted by Crippen LogP contribution is 2.34. The first kappa shape index (κ1) is 25.3. The van der Waals surface area contributed by atoms with Crippen LogP contribution in [-0.4, -0.2) is 84.0 Å². The van der Waals surface area contributed by atoms with Crippen LogP contribution < -0.4 is 4.74 Å². The van der Waals surface area contributed by atoms with Gasteiger partial charge in [-0.1, -0.05) is 35.9 Å². The lowest BCUT2D eigenvalue weighted by molar-refractivity contribution is -0.231. The Bertz CT molecular complexity index is 916. The molecule has 0 aromatic heterocycles. The molecule has 0 bridgehead atoms. The van der Waals surface area contributed by atoms with Crippen molar-refractivity contribution >= 4 is 11.6 Å². The Balaban J connectivity index is 1.36. The van der Waals surface area contributed by atoms with Crippen LogP contribution in [-0.2, 0) is 20.6 Å². The van der Waals surface area contributed by atoms with Gasteiger partial charge < -0.3 is 39.4 Å². The van der Waals surface area contributed by atoms with Crippen molar-refractivity contribution < 1.29 is 39.4 Å². The van der Waals surface area contributed by atoms with Gasteiger partial charge in [0.15, 0.2) is 0 Å². The lowest BCUT2D eigenvalue weighted by atomic mass is 9.90. The van der Waals surface area contributed by atoms with Gasteiger partial charge in [-0.25, -0.2) is 0 Å². The number of halogens is 1. The summed E-state index contributed by atoms with van der Waals surface area (Å²) in [6.07, 6.45) is -4.41. The maximum atomic E-state index is 10.4. The molecule has 2 fully saturated rings. The smallest absolute Gasteiger partial charge is 0.119 e. The van der Waals surface area contributed by atoms with E-state index in [0.717, 1.165) is 29.9 Å². The third kappa shape index (κ3) is 6.08. The molecule has 0 aliphatic carbocycles. The maximum Gasteiger partial charge on any atom is 0.119 e. The number of hydrogen-bond donors (Lipinski definition) is 4. The van der Waals surface area contributed by atoms with E-state index in [0.29, 0.717) is 36.8 Å². The molecule has 2 heterocycles. The average Bonchev–Trinajstić information content (AvgIpc) is 3.37. The van der Waals surface area contributed by atoms with Gasteiger partial charge in [0.1, 0.15) is 42.9 Å². The predicted octanol–water partition coefficient (Wildman–Crippen LogP) is 1.63. The molecule has 8 nitrogen and oxygen atoms in total. The van der Waals surface area contributed by atoms with E-state index in [9.17, 15) is 20.4 Å². The molecule has 2 aliphatic heterocycles. The van der Waals surface area contributed by atoms with Gasteiger partial charge in [-0.05, 0) is 47.7 Å². The molecule has 34 heavy (non-hydrogen) atoms. The SMILES string of the molecule is OC[C@H]1OC(c2ccc(Cl)c(Cc3ccc(OCCOC4CCOC4)cc3)c2)[C@H](O)[C@@H](O)[C@@H]1O. The Hall–Kier alpha value is -1.75. The van der Waals surface area contributed by atoms with E-state index in [1.807, 2.05) is 30.3 Å². The Morgan fingerprint density at radius 2 is 1.76 bits per heavy atom. The van der Waals surface area contributed by atoms with Gasteiger partial charge in [-0.15, -0.1) is 0 Å². The lowest BCUT2D eigenvalue weighted by Crippen LogP contribution is -2.55. The van der Waals surface area contributed by atoms with Crippen molar-refractivity contribution in [2.24, 2.45) is 0 Å². The summed E-state index contributed by atoms with van der Waals surface area (Å²) in [7, 11) is 0. The highest BCUT2D eigenvalue weighted by Gasteiger charge is 2.44. The van der Waals surface area contributed by atoms with Gasteiger partial charge in [-0.2, -0.15) is 0 Å². The van der Waals surface area contributed by atoms with Crippen molar-refractivity contribution in [3.63, 3.8) is 0 Å². The second-order valence-corrected chi connectivity index (χ2v) is 9.03. The summed E-state index contributed by atoms with van der Waals surface area (Å²) >= 11 is 6.42. The minimum absolute atomic E-state index is 0.162. The van der Waals surface area contributed by atoms with Crippen LogP contribution >= 0.6 is 11.6 Å². The van der Waals surface area contributed by atoms with Crippen LogP contribution in [0, 0.1) is 0 Å². The summed E-state index contributed by atoms with van der Waals surface area (Å²) in [5, 5.41) is 40.5. The first-order chi connectivity index (χ1) is 16.5. The van der Waals surface area contributed by atoms with Crippen molar-refractivity contribution in [3.8, 4) is 5.75 Å². The zero-order chi connectivity index (χ0) is 24.1. The number of aliphatic hydroxyl groups excluding tert-OH is 4. The molecule has 2 aromatic carbocycles. The molecule has 2 aromatic rings. The summed E-state index contributed by atoms with van der Waals surface area (Å²) in [4.78, 5) is 0. The fraction of sp³-hybridized carbons (Fsp3) is 0.520. The van der Waals surface area contributed by atoms with Crippen LogP contribution in [0.3, 0.4) is 0 Å². The standard InChI is InChI=1S/C25H31ClO8/c26-20-6-3-16(25-24(30)23(29)22(28)21(13-27)34-25)12-17(20)11-15-1-4-18(5-2-15)32-9-10-33-19-7-8-31-14-19/h1-6,12,19,21-25,27-30H,7-11,13-14H2/t19?,21-,22-,23+,24-,25?/m1/s1. The van der Waals surface area contributed by atoms with Crippen molar-refractivity contribution in [3.05, 3.63) is 64.2 Å². The monoisotopic (exact) mass is 494 g/mol. The third-order valence-corrected chi connectivity index (χ3v) is 6.57. The number of hydrogen-bond acceptors (Lipinski definition) is 8. The van der Waals surface area contributed by atoms with Crippen molar-refractivity contribution in [2.45, 2.75) is 49.5 Å². The predicted molar refractivity (Wildman–Crippen MR) is 124 cm³/mol. The topological polar surface area (TPSA) is 118 Å². The molecule has 0 amide bonds. The molecular formula is C25H31ClO8. The molecule has 186 valence electrons. The molecule has 2 aliphatic rings. The molecule has 6 atom stereocenters. The van der Waals surface area contributed by atoms with E-state index in [1.165, 1.54) is 0 Å². The number of aliphatic hydroxyl groups is 4. The van der Waals surface area contributed by atoms with Gasteiger partial charge in [0.2, 0.25) is 0 Å². The van der Waals surface area contributed by atoms with E-state index >= 15 is 0 Å². The van der Waals surface area contributed by atoms with Gasteiger partial charge in [-0.3, -0.25) is 0 Å². The summed E-state index contributed by atoms with van der Waals surface area (Å²) < 4.78 is 22.4. The minimum Gasteiger partial charge on any atom is -0.491 e. The fourth-order valence-electron chi connectivity index (χ4n) is 4.23. The molecule has 4 rings (SSSR count). The van der Waals surface area contributed by atoms with E-state index in [-0.39, 0.29) is 6.10 Å². The van der Waals surface area contributed by atoms with Crippen LogP contribution in [0.15, 0.2) is 42.5 Å². The van der Waals surface area contributed by atoms with Crippen molar-refractivity contribution in [2.75, 3.05) is 33.0 Å². The molecule has 2 saturated heterocycles. The highest BCUT2D eigenvalue weighted by atomic mass is 35.5. The molecule has 2 unspecified atom stereocenters. The van der Waals surface area contributed by atoms with Crippen LogP contribution in [0.4, 0.5) is 0 Å². The molecule has 0 saturated carbocycles. The quantitative estimate of drug-likeness (QED) is 0.389. The fourth-order valence-corrected chi connectivity index (χ4v) is 4.41. The zero-order valence-electron chi connectivity index (χ0n) is 18.8. The van der Waals surface area contributed by atoms with E-state index in [2.05, 4.69) is 0 Å². The van der Waals surface area contributed by atoms with Gasteiger partial charge >= 0.3 is 0 Å². The van der Waals surface area contributed by atoms with Crippen LogP contribution in [0.2, 0.25) is 5.02 Å². The largest absolute Gasteiger partial charge is 0.491 e. The lowest BCUT2D eigenvalue weighted by Gasteiger charge is -2.40. The Kier molecular flexibility index (Phi) is 8.79. The molecular weight excluding hydrogens is 464 g/mol. The van der Waals surface area contributed by atoms with Crippen LogP contribution in [0.25, 0.3) is 0 Å². The second-order valence-electron chi connectivity index (χ2n) is 8.63. The van der Waals surface area contributed by atoms with Crippen LogP contribution in [0.5, 0.6) is 5.75 Å². The summed E-state index contributed by atoms with van der Waals surface area (Å²) in [6.45, 7) is 1.90. The highest BCUT2D eigenvalue weighted by molar-refractivity contribution is 6.31. The van der Waals surface area contributed by atoms with Gasteiger partial charge in [0.25, 0.3) is 0 Å². The minimum atomic E-state index is -1.43. The second kappa shape index (κ2) is 11.8. The van der Waals surface area contributed by atoms with Gasteiger partial charge in [0, 0.05) is 11.6 Å². The third-order valence-electron chi connectivity index (χ3n) is 6.20. The van der Waals surface area contributed by atoms with Crippen LogP contribution in [0.1, 0.15) is 29.2 Å². The Morgan fingerprint density at radius 3 is 2.47 bits per heavy atom. The zero-order valence-corrected chi connectivity index (χ0v) is 19.5. The Labute approximate surface area is 203 Å². The van der Waals surface area contributed by atoms with Crippen molar-refractivity contribution in [1.29, 1.82) is 0 Å². The van der Waals surface area contributed by atoms with E-state index in [1.54, 1.807) is 12.1 Å². The normalized spacial score (nSPS) is 29.3. The van der Waals surface area contributed by atoms with E-state index < -0.39 is 37.1 Å². The molecule has 9 heteroatoms. The van der Waals surface area contributed by atoms with Gasteiger partial charge in [0.05, 0.1) is 25.9 Å². The van der Waals surface area contributed by atoms with E-state index in [4.69, 9.17) is 30.5 Å². The summed E-state index contributed by atoms with van der Waals surface area (Å²) in [5.41, 5.74) is 2.43. The first-order valence-corrected chi connectivity index (χ1v) is 11.8. The average molecular weight is 495 g/mol. The number of rotatable bonds is 9.